The summed E-state index contributed by atoms with van der Waals surface area (Å²) in [4.78, 5) is 13.8. The van der Waals surface area contributed by atoms with Gasteiger partial charge in [-0.3, -0.25) is 10.1 Å². The maximum atomic E-state index is 13.6. The highest BCUT2D eigenvalue weighted by Crippen LogP contribution is 2.30. The Morgan fingerprint density at radius 1 is 1.30 bits per heavy atom. The topological polar surface area (TPSA) is 94.1 Å². The third kappa shape index (κ3) is 2.91. The van der Waals surface area contributed by atoms with Gasteiger partial charge in [-0.25, -0.2) is 13.8 Å². The number of rotatable bonds is 3. The number of nitrogens with one attached hydrogen (secondary N) is 1. The van der Waals surface area contributed by atoms with Crippen LogP contribution in [0.15, 0.2) is 24.3 Å². The second kappa shape index (κ2) is 5.25. The molecule has 0 unspecified atom stereocenters. The van der Waals surface area contributed by atoms with E-state index in [1.165, 1.54) is 0 Å². The van der Waals surface area contributed by atoms with Crippen LogP contribution in [0.4, 0.5) is 31.8 Å². The smallest absolute Gasteiger partial charge is 0.276 e. The first-order chi connectivity index (χ1) is 9.36. The Morgan fingerprint density at radius 3 is 2.60 bits per heavy atom. The predicted molar refractivity (Wildman–Crippen MR) is 70.0 cm³/mol. The van der Waals surface area contributed by atoms with Gasteiger partial charge in [0.15, 0.2) is 5.82 Å². The molecule has 104 valence electrons. The lowest BCUT2D eigenvalue weighted by molar-refractivity contribution is -0.384. The molecule has 6 nitrogen and oxygen atoms in total. The van der Waals surface area contributed by atoms with Crippen LogP contribution in [0.1, 0.15) is 0 Å². The summed E-state index contributed by atoms with van der Waals surface area (Å²) in [6.07, 6.45) is 0. The molecule has 1 aromatic carbocycles. The second-order valence-electron chi connectivity index (χ2n) is 3.76. The first kappa shape index (κ1) is 13.9. The Morgan fingerprint density at radius 2 is 2.00 bits per heavy atom. The highest BCUT2D eigenvalue weighted by atomic mass is 35.5. The molecule has 0 aliphatic rings. The summed E-state index contributed by atoms with van der Waals surface area (Å²) in [5.41, 5.74) is 4.84. The molecule has 0 fully saturated rings. The minimum atomic E-state index is -0.957. The zero-order chi connectivity index (χ0) is 14.9. The number of benzene rings is 1. The van der Waals surface area contributed by atoms with Crippen LogP contribution in [0.25, 0.3) is 0 Å². The quantitative estimate of drug-likeness (QED) is 0.670. The normalized spacial score (nSPS) is 10.3. The molecule has 0 spiro atoms. The summed E-state index contributed by atoms with van der Waals surface area (Å²) >= 11 is 5.69. The monoisotopic (exact) mass is 300 g/mol. The van der Waals surface area contributed by atoms with Crippen LogP contribution in [0.5, 0.6) is 0 Å². The molecule has 20 heavy (non-hydrogen) atoms. The van der Waals surface area contributed by atoms with E-state index in [2.05, 4.69) is 10.3 Å². The number of nitrogen functional groups attached to an aromatic ring is 1. The molecule has 0 saturated carbocycles. The van der Waals surface area contributed by atoms with E-state index in [4.69, 9.17) is 17.3 Å². The van der Waals surface area contributed by atoms with Gasteiger partial charge in [0, 0.05) is 6.07 Å². The zero-order valence-corrected chi connectivity index (χ0v) is 10.5. The number of anilines is 3. The van der Waals surface area contributed by atoms with Crippen LogP contribution in [-0.2, 0) is 0 Å². The van der Waals surface area contributed by atoms with Crippen LogP contribution < -0.4 is 11.1 Å². The number of nitrogens with zero attached hydrogens (tertiary/aromatic N) is 2. The molecule has 0 atom stereocenters. The Kier molecular flexibility index (Phi) is 3.66. The summed E-state index contributed by atoms with van der Waals surface area (Å²) < 4.78 is 26.5. The van der Waals surface area contributed by atoms with Crippen LogP contribution in [-0.4, -0.2) is 9.91 Å². The van der Waals surface area contributed by atoms with Gasteiger partial charge < -0.3 is 11.1 Å². The van der Waals surface area contributed by atoms with Gasteiger partial charge in [-0.05, 0) is 6.07 Å². The number of pyridine rings is 1. The van der Waals surface area contributed by atoms with E-state index < -0.39 is 16.6 Å². The molecule has 0 saturated heterocycles. The molecule has 3 N–H and O–H groups in total. The average Bonchev–Trinajstić information content (AvgIpc) is 2.33. The van der Waals surface area contributed by atoms with Crippen molar-refractivity contribution in [3.63, 3.8) is 0 Å². The number of hydrogen-bond acceptors (Lipinski definition) is 5. The fourth-order valence-corrected chi connectivity index (χ4v) is 1.74. The fourth-order valence-electron chi connectivity index (χ4n) is 1.50. The molecule has 2 aromatic rings. The average molecular weight is 301 g/mol. The van der Waals surface area contributed by atoms with Gasteiger partial charge in [0.2, 0.25) is 0 Å². The molecule has 9 heteroatoms. The summed E-state index contributed by atoms with van der Waals surface area (Å²) in [5, 5.41) is 12.9. The predicted octanol–water partition coefficient (Wildman–Crippen LogP) is 3.25. The lowest BCUT2D eigenvalue weighted by Gasteiger charge is -2.09. The van der Waals surface area contributed by atoms with Gasteiger partial charge in [-0.15, -0.1) is 0 Å². The molecule has 0 amide bonds. The van der Waals surface area contributed by atoms with Crippen molar-refractivity contribution in [2.24, 2.45) is 0 Å². The second-order valence-corrected chi connectivity index (χ2v) is 4.17. The zero-order valence-electron chi connectivity index (χ0n) is 9.73. The van der Waals surface area contributed by atoms with Crippen molar-refractivity contribution >= 4 is 34.6 Å². The van der Waals surface area contributed by atoms with E-state index in [1.807, 2.05) is 0 Å². The summed E-state index contributed by atoms with van der Waals surface area (Å²) in [5.74, 6) is -2.00. The van der Waals surface area contributed by atoms with Gasteiger partial charge in [0.05, 0.1) is 27.8 Å². The molecule has 1 aromatic heterocycles. The number of nitro groups is 1. The van der Waals surface area contributed by atoms with Gasteiger partial charge >= 0.3 is 0 Å². The largest absolute Gasteiger partial charge is 0.383 e. The Bertz CT molecular complexity index is 673. The summed E-state index contributed by atoms with van der Waals surface area (Å²) in [7, 11) is 0. The third-order valence-electron chi connectivity index (χ3n) is 2.30. The van der Waals surface area contributed by atoms with Crippen molar-refractivity contribution in [3.05, 3.63) is 51.0 Å². The number of hydrogen-bond donors (Lipinski definition) is 2. The maximum absolute atomic E-state index is 13.6. The van der Waals surface area contributed by atoms with Crippen LogP contribution in [0.3, 0.4) is 0 Å². The number of halogens is 3. The molecule has 0 radical (unpaired) electrons. The Labute approximate surface area is 116 Å². The molecule has 0 aliphatic heterocycles. The van der Waals surface area contributed by atoms with E-state index in [-0.39, 0.29) is 28.0 Å². The Balaban J connectivity index is 2.42. The molecule has 0 aliphatic carbocycles. The molecule has 2 rings (SSSR count). The first-order valence-electron chi connectivity index (χ1n) is 5.20. The van der Waals surface area contributed by atoms with Crippen molar-refractivity contribution in [2.45, 2.75) is 0 Å². The summed E-state index contributed by atoms with van der Waals surface area (Å²) in [6.45, 7) is 0. The highest BCUT2D eigenvalue weighted by Gasteiger charge is 2.14. The molecular formula is C11H7ClF2N4O2. The lowest BCUT2D eigenvalue weighted by atomic mass is 10.3. The fraction of sp³-hybridized carbons (Fsp3) is 0. The van der Waals surface area contributed by atoms with Gasteiger partial charge in [0.25, 0.3) is 5.69 Å². The van der Waals surface area contributed by atoms with Crippen molar-refractivity contribution in [1.29, 1.82) is 0 Å². The van der Waals surface area contributed by atoms with E-state index >= 15 is 0 Å². The Hall–Kier alpha value is -2.48. The van der Waals surface area contributed by atoms with Crippen molar-refractivity contribution in [1.82, 2.24) is 4.98 Å². The van der Waals surface area contributed by atoms with Crippen molar-refractivity contribution in [3.8, 4) is 0 Å². The highest BCUT2D eigenvalue weighted by molar-refractivity contribution is 6.33. The van der Waals surface area contributed by atoms with Crippen LogP contribution in [0, 0.1) is 21.7 Å². The van der Waals surface area contributed by atoms with Gasteiger partial charge in [0.1, 0.15) is 17.5 Å². The third-order valence-corrected chi connectivity index (χ3v) is 2.60. The van der Waals surface area contributed by atoms with Crippen molar-refractivity contribution in [2.75, 3.05) is 11.1 Å². The minimum absolute atomic E-state index is 0.0795. The standard InChI is InChI=1S/C11H7ClF2N4O2/c12-7-1-5(13)2-8(14)11(7)17-10-4-6(18(19)20)3-9(15)16-10/h1-4H,(H3,15,16,17). The van der Waals surface area contributed by atoms with Gasteiger partial charge in [-0.2, -0.15) is 0 Å². The lowest BCUT2D eigenvalue weighted by Crippen LogP contribution is -2.02. The van der Waals surface area contributed by atoms with E-state index in [1.54, 1.807) is 0 Å². The number of nitrogens with two attached hydrogens (primary N) is 1. The van der Waals surface area contributed by atoms with E-state index in [0.717, 1.165) is 18.2 Å². The molecular weight excluding hydrogens is 294 g/mol. The first-order valence-corrected chi connectivity index (χ1v) is 5.58. The number of aromatic nitrogens is 1. The molecule has 0 bridgehead atoms. The minimum Gasteiger partial charge on any atom is -0.383 e. The van der Waals surface area contributed by atoms with E-state index in [9.17, 15) is 18.9 Å². The SMILES string of the molecule is Nc1cc([N+](=O)[O-])cc(Nc2c(F)cc(F)cc2Cl)n1. The summed E-state index contributed by atoms with van der Waals surface area (Å²) in [6, 6.07) is 3.62. The molecule has 1 heterocycles. The van der Waals surface area contributed by atoms with Crippen LogP contribution in [0.2, 0.25) is 5.02 Å². The maximum Gasteiger partial charge on any atom is 0.276 e. The van der Waals surface area contributed by atoms with Gasteiger partial charge in [-0.1, -0.05) is 11.6 Å². The van der Waals surface area contributed by atoms with Crippen molar-refractivity contribution < 1.29 is 13.7 Å². The van der Waals surface area contributed by atoms with Crippen LogP contribution >= 0.6 is 11.6 Å². The van der Waals surface area contributed by atoms with E-state index in [0.29, 0.717) is 6.07 Å².